The maximum Gasteiger partial charge on any atom is 0.229 e. The number of carbonyl (C=O) groups is 2. The number of fused-ring (bicyclic) bond motifs is 2. The normalized spacial score (nSPS) is 31.4. The van der Waals surface area contributed by atoms with Crippen molar-refractivity contribution in [3.05, 3.63) is 48.0 Å². The molecule has 1 amide bonds. The van der Waals surface area contributed by atoms with Gasteiger partial charge < -0.3 is 19.5 Å². The van der Waals surface area contributed by atoms with Gasteiger partial charge in [0.2, 0.25) is 5.91 Å². The minimum Gasteiger partial charge on any atom is -0.550 e. The third kappa shape index (κ3) is 3.07. The molecule has 3 aliphatic heterocycles. The summed E-state index contributed by atoms with van der Waals surface area (Å²) in [6.45, 7) is 3.67. The number of carbonyl (C=O) groups excluding carboxylic acids is 2. The van der Waals surface area contributed by atoms with E-state index in [1.807, 2.05) is 18.2 Å². The molecule has 1 aromatic carbocycles. The Kier molecular flexibility index (Phi) is 4.31. The predicted octanol–water partition coefficient (Wildman–Crippen LogP) is -0.350. The molecule has 0 aliphatic carbocycles. The zero-order valence-corrected chi connectivity index (χ0v) is 13.9. The summed E-state index contributed by atoms with van der Waals surface area (Å²) in [5.41, 5.74) is 1.26. The fourth-order valence-electron chi connectivity index (χ4n) is 4.06. The molecule has 3 heterocycles. The van der Waals surface area contributed by atoms with Gasteiger partial charge in [0.25, 0.3) is 0 Å². The van der Waals surface area contributed by atoms with Crippen LogP contribution >= 0.6 is 0 Å². The first kappa shape index (κ1) is 16.3. The van der Waals surface area contributed by atoms with Crippen LogP contribution in [0.3, 0.4) is 0 Å². The molecule has 2 bridgehead atoms. The van der Waals surface area contributed by atoms with Gasteiger partial charge in [-0.3, -0.25) is 9.69 Å². The molecule has 0 radical (unpaired) electrons. The number of piperazine rings is 1. The van der Waals surface area contributed by atoms with Crippen molar-refractivity contribution >= 4 is 11.9 Å². The molecule has 1 aromatic rings. The lowest BCUT2D eigenvalue weighted by Crippen LogP contribution is -2.53. The first-order valence-corrected chi connectivity index (χ1v) is 8.73. The van der Waals surface area contributed by atoms with Crippen LogP contribution in [0.25, 0.3) is 0 Å². The molecule has 4 atom stereocenters. The van der Waals surface area contributed by atoms with Crippen LogP contribution in [0.1, 0.15) is 5.56 Å². The molecule has 2 saturated heterocycles. The second-order valence-electron chi connectivity index (χ2n) is 6.91. The minimum absolute atomic E-state index is 0.120. The fraction of sp³-hybridized carbons (Fsp3) is 0.474. The Morgan fingerprint density at radius 2 is 1.64 bits per heavy atom. The highest BCUT2D eigenvalue weighted by molar-refractivity contribution is 5.86. The van der Waals surface area contributed by atoms with Crippen LogP contribution < -0.4 is 5.11 Å². The van der Waals surface area contributed by atoms with Crippen molar-refractivity contribution in [2.75, 3.05) is 26.2 Å². The molecule has 132 valence electrons. The molecule has 0 aromatic heterocycles. The SMILES string of the molecule is O=C([O-])C1C(C(=O)N2CCN(Cc3ccccc3)CC2)[C@H]2C=C[C@@H]1O2. The van der Waals surface area contributed by atoms with Crippen LogP contribution in [0.15, 0.2) is 42.5 Å². The lowest BCUT2D eigenvalue weighted by molar-refractivity contribution is -0.313. The molecule has 6 heteroatoms. The maximum absolute atomic E-state index is 12.9. The van der Waals surface area contributed by atoms with Gasteiger partial charge in [0.05, 0.1) is 18.1 Å². The van der Waals surface area contributed by atoms with Gasteiger partial charge in [0, 0.05) is 44.6 Å². The Morgan fingerprint density at radius 1 is 1.00 bits per heavy atom. The Labute approximate surface area is 146 Å². The smallest absolute Gasteiger partial charge is 0.229 e. The Bertz CT molecular complexity index is 682. The molecule has 3 aliphatic rings. The van der Waals surface area contributed by atoms with Gasteiger partial charge >= 0.3 is 0 Å². The van der Waals surface area contributed by atoms with E-state index in [0.717, 1.165) is 19.6 Å². The molecule has 6 nitrogen and oxygen atoms in total. The van der Waals surface area contributed by atoms with Crippen LogP contribution in [0.5, 0.6) is 0 Å². The highest BCUT2D eigenvalue weighted by atomic mass is 16.5. The van der Waals surface area contributed by atoms with E-state index in [-0.39, 0.29) is 5.91 Å². The van der Waals surface area contributed by atoms with Crippen LogP contribution in [-0.4, -0.2) is 60.1 Å². The highest BCUT2D eigenvalue weighted by Gasteiger charge is 2.51. The molecule has 25 heavy (non-hydrogen) atoms. The third-order valence-corrected chi connectivity index (χ3v) is 5.39. The van der Waals surface area contributed by atoms with Crippen LogP contribution in [0.2, 0.25) is 0 Å². The van der Waals surface area contributed by atoms with Crippen molar-refractivity contribution in [3.8, 4) is 0 Å². The summed E-state index contributed by atoms with van der Waals surface area (Å²) in [6, 6.07) is 10.2. The van der Waals surface area contributed by atoms with Crippen LogP contribution in [0, 0.1) is 11.8 Å². The van der Waals surface area contributed by atoms with Crippen LogP contribution in [-0.2, 0) is 20.9 Å². The standard InChI is InChI=1S/C19H22N2O4/c22-18(16-14-6-7-15(25-14)17(16)19(23)24)21-10-8-20(9-11-21)12-13-4-2-1-3-5-13/h1-7,14-17H,8-12H2,(H,23,24)/p-1/t14-,15+,16?,17?/m1/s1. The van der Waals surface area contributed by atoms with E-state index in [4.69, 9.17) is 4.74 Å². The Balaban J connectivity index is 1.37. The van der Waals surface area contributed by atoms with Crippen molar-refractivity contribution in [1.82, 2.24) is 9.80 Å². The van der Waals surface area contributed by atoms with E-state index >= 15 is 0 Å². The number of nitrogens with zero attached hydrogens (tertiary/aromatic N) is 2. The molecular weight excluding hydrogens is 320 g/mol. The van der Waals surface area contributed by atoms with Gasteiger partial charge in [0.1, 0.15) is 0 Å². The molecule has 0 saturated carbocycles. The number of hydrogen-bond donors (Lipinski definition) is 0. The molecule has 0 spiro atoms. The second-order valence-corrected chi connectivity index (χ2v) is 6.91. The van der Waals surface area contributed by atoms with E-state index in [0.29, 0.717) is 13.1 Å². The highest BCUT2D eigenvalue weighted by Crippen LogP contribution is 2.40. The summed E-state index contributed by atoms with van der Waals surface area (Å²) in [5.74, 6) is -2.84. The topological polar surface area (TPSA) is 72.9 Å². The number of hydrogen-bond acceptors (Lipinski definition) is 5. The van der Waals surface area contributed by atoms with Crippen molar-refractivity contribution in [3.63, 3.8) is 0 Å². The fourth-order valence-corrected chi connectivity index (χ4v) is 4.06. The van der Waals surface area contributed by atoms with E-state index in [1.165, 1.54) is 5.56 Å². The summed E-state index contributed by atoms with van der Waals surface area (Å²) < 4.78 is 5.58. The Hall–Kier alpha value is -2.18. The van der Waals surface area contributed by atoms with Gasteiger partial charge in [-0.05, 0) is 5.56 Å². The average Bonchev–Trinajstić information content (AvgIpc) is 3.24. The molecule has 4 rings (SSSR count). The van der Waals surface area contributed by atoms with E-state index in [2.05, 4.69) is 17.0 Å². The van der Waals surface area contributed by atoms with Gasteiger partial charge in [-0.25, -0.2) is 0 Å². The third-order valence-electron chi connectivity index (χ3n) is 5.39. The monoisotopic (exact) mass is 341 g/mol. The summed E-state index contributed by atoms with van der Waals surface area (Å²) in [5, 5.41) is 11.4. The van der Waals surface area contributed by atoms with Gasteiger partial charge in [-0.15, -0.1) is 0 Å². The van der Waals surface area contributed by atoms with E-state index in [1.54, 1.807) is 17.1 Å². The van der Waals surface area contributed by atoms with Gasteiger partial charge in [0.15, 0.2) is 0 Å². The van der Waals surface area contributed by atoms with Crippen molar-refractivity contribution in [2.45, 2.75) is 18.8 Å². The number of carboxylic acid groups (broad SMARTS) is 1. The summed E-state index contributed by atoms with van der Waals surface area (Å²) in [4.78, 5) is 28.4. The first-order valence-electron chi connectivity index (χ1n) is 8.73. The first-order chi connectivity index (χ1) is 12.1. The second kappa shape index (κ2) is 6.61. The van der Waals surface area contributed by atoms with Crippen molar-refractivity contribution < 1.29 is 19.4 Å². The summed E-state index contributed by atoms with van der Waals surface area (Å²) in [6.07, 6.45) is 2.58. The number of benzene rings is 1. The lowest BCUT2D eigenvalue weighted by atomic mass is 9.82. The number of aliphatic carboxylic acids is 1. The predicted molar refractivity (Wildman–Crippen MR) is 88.1 cm³/mol. The minimum atomic E-state index is -1.20. The average molecular weight is 341 g/mol. The molecule has 2 unspecified atom stereocenters. The quantitative estimate of drug-likeness (QED) is 0.700. The van der Waals surface area contributed by atoms with Gasteiger partial charge in [-0.1, -0.05) is 42.5 Å². The lowest BCUT2D eigenvalue weighted by Gasteiger charge is -2.37. The largest absolute Gasteiger partial charge is 0.550 e. The Morgan fingerprint density at radius 3 is 2.28 bits per heavy atom. The van der Waals surface area contributed by atoms with Crippen molar-refractivity contribution in [1.29, 1.82) is 0 Å². The zero-order valence-electron chi connectivity index (χ0n) is 13.9. The number of ether oxygens (including phenoxy) is 1. The summed E-state index contributed by atoms with van der Waals surface area (Å²) >= 11 is 0. The number of carboxylic acids is 1. The van der Waals surface area contributed by atoms with Gasteiger partial charge in [-0.2, -0.15) is 0 Å². The molecular formula is C19H21N2O4-. The number of rotatable bonds is 4. The molecule has 2 fully saturated rings. The molecule has 0 N–H and O–H groups in total. The van der Waals surface area contributed by atoms with E-state index in [9.17, 15) is 14.7 Å². The number of amides is 1. The van der Waals surface area contributed by atoms with E-state index < -0.39 is 30.0 Å². The zero-order chi connectivity index (χ0) is 17.4. The van der Waals surface area contributed by atoms with Crippen molar-refractivity contribution in [2.24, 2.45) is 11.8 Å². The summed E-state index contributed by atoms with van der Waals surface area (Å²) in [7, 11) is 0. The van der Waals surface area contributed by atoms with Crippen LogP contribution in [0.4, 0.5) is 0 Å². The maximum atomic E-state index is 12.9.